The Labute approximate surface area is 327 Å². The molecule has 0 unspecified atom stereocenters. The van der Waals surface area contributed by atoms with Crippen LogP contribution < -0.4 is 9.80 Å². The van der Waals surface area contributed by atoms with E-state index in [9.17, 15) is 26.4 Å². The molecule has 0 spiro atoms. The Hall–Kier alpha value is -3.95. The van der Waals surface area contributed by atoms with E-state index in [0.717, 1.165) is 10.0 Å². The van der Waals surface area contributed by atoms with Crippen LogP contribution in [0.5, 0.6) is 0 Å². The highest BCUT2D eigenvalue weighted by atomic mass is 79.9. The monoisotopic (exact) mass is 859 g/mol. The number of anilines is 2. The van der Waals surface area contributed by atoms with Crippen LogP contribution in [0, 0.1) is 0 Å². The molecule has 0 atom stereocenters. The van der Waals surface area contributed by atoms with Crippen molar-refractivity contribution in [2.45, 2.75) is 13.8 Å². The molecule has 0 aliphatic carbocycles. The molecule has 278 valence electrons. The highest BCUT2D eigenvalue weighted by Crippen LogP contribution is 2.32. The molecule has 0 saturated heterocycles. The average Bonchev–Trinajstić information content (AvgIpc) is 3.36. The zero-order valence-corrected chi connectivity index (χ0v) is 33.6. The summed E-state index contributed by atoms with van der Waals surface area (Å²) in [6.45, 7) is 3.21. The van der Waals surface area contributed by atoms with Gasteiger partial charge in [0.25, 0.3) is 0 Å². The number of nitrogens with zero attached hydrogens (tertiary/aromatic N) is 5. The first-order chi connectivity index (χ1) is 25.2. The number of aromatic nitrogens is 1. The Morgan fingerprint density at radius 2 is 1.23 bits per heavy atom. The predicted molar refractivity (Wildman–Crippen MR) is 216 cm³/mol. The van der Waals surface area contributed by atoms with Crippen molar-refractivity contribution in [1.29, 1.82) is 0 Å². The number of hydrogen-bond acceptors (Lipinski definition) is 9. The van der Waals surface area contributed by atoms with Crippen molar-refractivity contribution in [2.75, 3.05) is 59.0 Å². The third-order valence-corrected chi connectivity index (χ3v) is 13.0. The number of hydrogen-bond donors (Lipinski definition) is 0. The number of amides is 2. The van der Waals surface area contributed by atoms with Crippen LogP contribution in [-0.4, -0.2) is 94.2 Å². The highest BCUT2D eigenvalue weighted by Gasteiger charge is 2.28. The number of benzodiazepines with no additional fused rings is 2. The predicted octanol–water partition coefficient (Wildman–Crippen LogP) is 6.07. The molecule has 53 heavy (non-hydrogen) atoms. The summed E-state index contributed by atoms with van der Waals surface area (Å²) in [5.41, 5.74) is 5.16. The van der Waals surface area contributed by atoms with Crippen molar-refractivity contribution in [2.24, 2.45) is 9.98 Å². The summed E-state index contributed by atoms with van der Waals surface area (Å²) in [5.74, 6) is -0.609. The van der Waals surface area contributed by atoms with Gasteiger partial charge in [-0.05, 0) is 54.6 Å². The lowest BCUT2D eigenvalue weighted by atomic mass is 10.00. The molecule has 0 bridgehead atoms. The van der Waals surface area contributed by atoms with Crippen LogP contribution in [0.1, 0.15) is 36.2 Å². The van der Waals surface area contributed by atoms with Crippen molar-refractivity contribution < 1.29 is 26.4 Å². The lowest BCUT2D eigenvalue weighted by Crippen LogP contribution is -2.36. The summed E-state index contributed by atoms with van der Waals surface area (Å²) in [5, 5.41) is 1.00. The second-order valence-electron chi connectivity index (χ2n) is 11.9. The van der Waals surface area contributed by atoms with Crippen LogP contribution in [0.25, 0.3) is 0 Å². The standard InChI is InChI=1S/C19H18Cl2N2O3S.C18H18BrN3O3S/c1-2-27(25,26)10-9-23-17-8-7-13(20)11-15(17)19(22-12-18(23)24)14-5-3-4-6-16(14)21;1-2-26(24,25)10-9-22-16-7-6-13(19)11-14(16)18(21-12-17(22)23)15-5-3-4-8-20-15/h3-8,11H,2,9-10,12H2,1H3;3-8,11H,2,9-10,12H2,1H3. The summed E-state index contributed by atoms with van der Waals surface area (Å²) in [6, 6.07) is 23.4. The number of sulfone groups is 2. The molecule has 1 aromatic heterocycles. The Kier molecular flexibility index (Phi) is 13.3. The Balaban J connectivity index is 0.000000204. The Bertz CT molecular complexity index is 2310. The topological polar surface area (TPSA) is 147 Å². The van der Waals surface area contributed by atoms with Gasteiger partial charge in [-0.2, -0.15) is 0 Å². The quantitative estimate of drug-likeness (QED) is 0.188. The normalized spacial score (nSPS) is 14.6. The number of fused-ring (bicyclic) bond motifs is 2. The largest absolute Gasteiger partial charge is 0.309 e. The average molecular weight is 862 g/mol. The maximum absolute atomic E-state index is 12.7. The van der Waals surface area contributed by atoms with E-state index in [2.05, 4.69) is 30.9 Å². The number of halogens is 3. The molecular weight excluding hydrogens is 825 g/mol. The number of pyridine rings is 1. The molecule has 2 amide bonds. The van der Waals surface area contributed by atoms with E-state index in [4.69, 9.17) is 23.2 Å². The number of benzene rings is 3. The van der Waals surface area contributed by atoms with E-state index >= 15 is 0 Å². The van der Waals surface area contributed by atoms with E-state index in [1.54, 1.807) is 50.4 Å². The first kappa shape index (κ1) is 40.2. The van der Waals surface area contributed by atoms with Crippen molar-refractivity contribution in [3.8, 4) is 0 Å². The molecule has 3 heterocycles. The highest BCUT2D eigenvalue weighted by molar-refractivity contribution is 9.10. The molecule has 16 heteroatoms. The third-order valence-electron chi connectivity index (χ3n) is 8.52. The molecular formula is C37H36BrCl2N5O6S2. The van der Waals surface area contributed by atoms with Gasteiger partial charge in [0.1, 0.15) is 13.1 Å². The Morgan fingerprint density at radius 3 is 1.79 bits per heavy atom. The van der Waals surface area contributed by atoms with Crippen molar-refractivity contribution >= 4 is 93.4 Å². The second-order valence-corrected chi connectivity index (χ2v) is 18.6. The molecule has 0 N–H and O–H groups in total. The van der Waals surface area contributed by atoms with Crippen LogP contribution in [-0.2, 0) is 29.3 Å². The zero-order valence-electron chi connectivity index (χ0n) is 28.9. The lowest BCUT2D eigenvalue weighted by Gasteiger charge is -2.23. The number of carbonyl (C=O) groups excluding carboxylic acids is 2. The van der Waals surface area contributed by atoms with Crippen LogP contribution in [0.3, 0.4) is 0 Å². The van der Waals surface area contributed by atoms with Gasteiger partial charge in [0.2, 0.25) is 11.8 Å². The van der Waals surface area contributed by atoms with Gasteiger partial charge in [0.05, 0.1) is 40.0 Å². The lowest BCUT2D eigenvalue weighted by molar-refractivity contribution is -0.117. The third kappa shape index (κ3) is 9.98. The second kappa shape index (κ2) is 17.5. The summed E-state index contributed by atoms with van der Waals surface area (Å²) in [6.07, 6.45) is 1.67. The SMILES string of the molecule is CCS(=O)(=O)CCN1C(=O)CN=C(c2ccccc2Cl)c2cc(Cl)ccc21.CCS(=O)(=O)CCN1C(=O)CN=C(c2ccccn2)c2cc(Br)ccc21. The van der Waals surface area contributed by atoms with Gasteiger partial charge in [0.15, 0.2) is 19.7 Å². The fraction of sp³-hybridized carbons (Fsp3) is 0.270. The van der Waals surface area contributed by atoms with Gasteiger partial charge in [-0.15, -0.1) is 0 Å². The number of carbonyl (C=O) groups is 2. The van der Waals surface area contributed by atoms with E-state index in [-0.39, 0.29) is 61.0 Å². The van der Waals surface area contributed by atoms with Gasteiger partial charge < -0.3 is 9.80 Å². The molecule has 2 aliphatic rings. The summed E-state index contributed by atoms with van der Waals surface area (Å²) < 4.78 is 48.5. The fourth-order valence-electron chi connectivity index (χ4n) is 5.61. The molecule has 3 aromatic carbocycles. The minimum atomic E-state index is -3.22. The van der Waals surface area contributed by atoms with Gasteiger partial charge in [-0.1, -0.05) is 77.2 Å². The van der Waals surface area contributed by atoms with Gasteiger partial charge in [0, 0.05) is 62.0 Å². The fourth-order valence-corrected chi connectivity index (χ4v) is 7.87. The molecule has 0 radical (unpaired) electrons. The van der Waals surface area contributed by atoms with Gasteiger partial charge in [-0.25, -0.2) is 16.8 Å². The summed E-state index contributed by atoms with van der Waals surface area (Å²) in [7, 11) is -6.40. The maximum atomic E-state index is 12.7. The molecule has 11 nitrogen and oxygen atoms in total. The number of aliphatic imine (C=N–C) groups is 2. The van der Waals surface area contributed by atoms with E-state index in [1.165, 1.54) is 9.80 Å². The van der Waals surface area contributed by atoms with Crippen LogP contribution in [0.15, 0.2) is 99.5 Å². The minimum absolute atomic E-state index is 0.0316. The molecule has 0 fully saturated rings. The first-order valence-electron chi connectivity index (χ1n) is 16.6. The summed E-state index contributed by atoms with van der Waals surface area (Å²) >= 11 is 16.0. The smallest absolute Gasteiger partial charge is 0.248 e. The van der Waals surface area contributed by atoms with Gasteiger partial charge >= 0.3 is 0 Å². The van der Waals surface area contributed by atoms with Gasteiger partial charge in [-0.3, -0.25) is 24.6 Å². The molecule has 2 aliphatic heterocycles. The number of rotatable bonds is 10. The molecule has 4 aromatic rings. The van der Waals surface area contributed by atoms with Crippen LogP contribution in [0.2, 0.25) is 10.0 Å². The minimum Gasteiger partial charge on any atom is -0.309 e. The summed E-state index contributed by atoms with van der Waals surface area (Å²) in [4.78, 5) is 41.6. The van der Waals surface area contributed by atoms with Crippen molar-refractivity contribution in [3.05, 3.63) is 122 Å². The zero-order chi connectivity index (χ0) is 38.3. The molecule has 6 rings (SSSR count). The maximum Gasteiger partial charge on any atom is 0.248 e. The molecule has 0 saturated carbocycles. The van der Waals surface area contributed by atoms with E-state index < -0.39 is 19.7 Å². The van der Waals surface area contributed by atoms with Crippen LogP contribution in [0.4, 0.5) is 11.4 Å². The van der Waals surface area contributed by atoms with E-state index in [0.29, 0.717) is 49.7 Å². The van der Waals surface area contributed by atoms with Crippen molar-refractivity contribution in [1.82, 2.24) is 4.98 Å². The van der Waals surface area contributed by atoms with Crippen molar-refractivity contribution in [3.63, 3.8) is 0 Å². The van der Waals surface area contributed by atoms with Crippen LogP contribution >= 0.6 is 39.1 Å². The first-order valence-corrected chi connectivity index (χ1v) is 21.8. The van der Waals surface area contributed by atoms with E-state index in [1.807, 2.05) is 48.5 Å². The Morgan fingerprint density at radius 1 is 0.679 bits per heavy atom.